The SMILES string of the molecule is CC(C)CC(C)(NCCN(C)C1CC1)C(=O)O. The quantitative estimate of drug-likeness (QED) is 0.678. The van der Waals surface area contributed by atoms with Crippen molar-refractivity contribution in [2.45, 2.75) is 51.6 Å². The lowest BCUT2D eigenvalue weighted by atomic mass is 9.91. The van der Waals surface area contributed by atoms with Gasteiger partial charge in [-0.1, -0.05) is 13.8 Å². The number of rotatable bonds is 8. The summed E-state index contributed by atoms with van der Waals surface area (Å²) >= 11 is 0. The Bertz CT molecular complexity index is 264. The first-order valence-corrected chi connectivity index (χ1v) is 6.54. The first kappa shape index (κ1) is 14.5. The van der Waals surface area contributed by atoms with Gasteiger partial charge in [0.15, 0.2) is 0 Å². The number of hydrogen-bond acceptors (Lipinski definition) is 3. The molecule has 1 unspecified atom stereocenters. The van der Waals surface area contributed by atoms with Crippen molar-refractivity contribution >= 4 is 5.97 Å². The zero-order chi connectivity index (χ0) is 13.1. The Morgan fingerprint density at radius 1 is 1.53 bits per heavy atom. The molecule has 4 heteroatoms. The number of nitrogens with zero attached hydrogens (tertiary/aromatic N) is 1. The minimum atomic E-state index is -0.793. The van der Waals surface area contributed by atoms with Crippen molar-refractivity contribution in [1.82, 2.24) is 10.2 Å². The second kappa shape index (κ2) is 5.83. The van der Waals surface area contributed by atoms with Crippen LogP contribution in [0.15, 0.2) is 0 Å². The van der Waals surface area contributed by atoms with Crippen molar-refractivity contribution in [1.29, 1.82) is 0 Å². The van der Waals surface area contributed by atoms with Crippen LogP contribution in [0.5, 0.6) is 0 Å². The molecule has 2 N–H and O–H groups in total. The van der Waals surface area contributed by atoms with E-state index in [1.165, 1.54) is 12.8 Å². The standard InChI is InChI=1S/C13H26N2O2/c1-10(2)9-13(3,12(16)17)14-7-8-15(4)11-5-6-11/h10-11,14H,5-9H2,1-4H3,(H,16,17). The van der Waals surface area contributed by atoms with Crippen LogP contribution in [0, 0.1) is 5.92 Å². The largest absolute Gasteiger partial charge is 0.480 e. The number of hydrogen-bond donors (Lipinski definition) is 2. The molecular formula is C13H26N2O2. The van der Waals surface area contributed by atoms with E-state index < -0.39 is 11.5 Å². The molecule has 0 radical (unpaired) electrons. The van der Waals surface area contributed by atoms with Gasteiger partial charge < -0.3 is 15.3 Å². The first-order chi connectivity index (χ1) is 7.85. The molecule has 100 valence electrons. The van der Waals surface area contributed by atoms with E-state index in [0.717, 1.165) is 19.1 Å². The Morgan fingerprint density at radius 3 is 2.53 bits per heavy atom. The maximum atomic E-state index is 11.3. The molecule has 17 heavy (non-hydrogen) atoms. The number of nitrogens with one attached hydrogen (secondary N) is 1. The van der Waals surface area contributed by atoms with E-state index in [-0.39, 0.29) is 0 Å². The average Bonchev–Trinajstić information content (AvgIpc) is 2.98. The average molecular weight is 242 g/mol. The zero-order valence-electron chi connectivity index (χ0n) is 11.5. The molecule has 0 saturated heterocycles. The molecule has 0 aromatic rings. The summed E-state index contributed by atoms with van der Waals surface area (Å²) in [6.45, 7) is 7.55. The van der Waals surface area contributed by atoms with Gasteiger partial charge in [-0.15, -0.1) is 0 Å². The zero-order valence-corrected chi connectivity index (χ0v) is 11.5. The fourth-order valence-electron chi connectivity index (χ4n) is 2.26. The molecule has 0 bridgehead atoms. The number of likely N-dealkylation sites (N-methyl/N-ethyl adjacent to an activating group) is 1. The Morgan fingerprint density at radius 2 is 2.12 bits per heavy atom. The highest BCUT2D eigenvalue weighted by atomic mass is 16.4. The first-order valence-electron chi connectivity index (χ1n) is 6.54. The smallest absolute Gasteiger partial charge is 0.323 e. The van der Waals surface area contributed by atoms with Gasteiger partial charge in [-0.3, -0.25) is 4.79 Å². The Labute approximate surface area is 104 Å². The second-order valence-corrected chi connectivity index (χ2v) is 5.87. The van der Waals surface area contributed by atoms with E-state index in [1.807, 2.05) is 0 Å². The fraction of sp³-hybridized carbons (Fsp3) is 0.923. The summed E-state index contributed by atoms with van der Waals surface area (Å²) in [6, 6.07) is 0.734. The van der Waals surface area contributed by atoms with Crippen molar-refractivity contribution in [2.75, 3.05) is 20.1 Å². The lowest BCUT2D eigenvalue weighted by molar-refractivity contribution is -0.144. The van der Waals surface area contributed by atoms with Gasteiger partial charge in [0.1, 0.15) is 5.54 Å². The van der Waals surface area contributed by atoms with Crippen LogP contribution in [0.4, 0.5) is 0 Å². The number of carboxylic acid groups (broad SMARTS) is 1. The van der Waals surface area contributed by atoms with E-state index in [4.69, 9.17) is 0 Å². The highest BCUT2D eigenvalue weighted by Crippen LogP contribution is 2.24. The van der Waals surface area contributed by atoms with Gasteiger partial charge in [0.2, 0.25) is 0 Å². The van der Waals surface area contributed by atoms with E-state index in [9.17, 15) is 9.90 Å². The molecule has 0 spiro atoms. The summed E-state index contributed by atoms with van der Waals surface area (Å²) in [4.78, 5) is 13.6. The third kappa shape index (κ3) is 4.64. The third-order valence-corrected chi connectivity index (χ3v) is 3.44. The second-order valence-electron chi connectivity index (χ2n) is 5.87. The molecule has 1 atom stereocenters. The molecule has 1 aliphatic carbocycles. The number of carboxylic acids is 1. The summed E-state index contributed by atoms with van der Waals surface area (Å²) in [5.41, 5.74) is -0.793. The molecule has 1 fully saturated rings. The fourth-order valence-corrected chi connectivity index (χ4v) is 2.26. The molecule has 0 aliphatic heterocycles. The topological polar surface area (TPSA) is 52.6 Å². The van der Waals surface area contributed by atoms with Crippen molar-refractivity contribution in [2.24, 2.45) is 5.92 Å². The Hall–Kier alpha value is -0.610. The molecule has 0 heterocycles. The van der Waals surface area contributed by atoms with E-state index >= 15 is 0 Å². The minimum absolute atomic E-state index is 0.379. The predicted molar refractivity (Wildman–Crippen MR) is 69.2 cm³/mol. The molecule has 0 amide bonds. The van der Waals surface area contributed by atoms with Gasteiger partial charge in [0, 0.05) is 19.1 Å². The van der Waals surface area contributed by atoms with Crippen molar-refractivity contribution < 1.29 is 9.90 Å². The summed E-state index contributed by atoms with van der Waals surface area (Å²) in [5.74, 6) is -0.370. The lowest BCUT2D eigenvalue weighted by Gasteiger charge is -2.29. The maximum absolute atomic E-state index is 11.3. The van der Waals surface area contributed by atoms with E-state index in [1.54, 1.807) is 6.92 Å². The van der Waals surface area contributed by atoms with Crippen molar-refractivity contribution in [3.05, 3.63) is 0 Å². The number of carbonyl (C=O) groups is 1. The van der Waals surface area contributed by atoms with Gasteiger partial charge in [-0.05, 0) is 39.2 Å². The highest BCUT2D eigenvalue weighted by Gasteiger charge is 2.33. The maximum Gasteiger partial charge on any atom is 0.323 e. The lowest BCUT2D eigenvalue weighted by Crippen LogP contribution is -2.52. The molecule has 1 saturated carbocycles. The van der Waals surface area contributed by atoms with E-state index in [0.29, 0.717) is 12.3 Å². The minimum Gasteiger partial charge on any atom is -0.480 e. The van der Waals surface area contributed by atoms with Crippen LogP contribution in [0.25, 0.3) is 0 Å². The monoisotopic (exact) mass is 242 g/mol. The van der Waals surface area contributed by atoms with Crippen LogP contribution in [0.2, 0.25) is 0 Å². The molecule has 4 nitrogen and oxygen atoms in total. The normalized spacial score (nSPS) is 19.6. The highest BCUT2D eigenvalue weighted by molar-refractivity contribution is 5.78. The molecule has 1 rings (SSSR count). The van der Waals surface area contributed by atoms with Gasteiger partial charge in [0.05, 0.1) is 0 Å². The molecule has 0 aromatic carbocycles. The summed E-state index contributed by atoms with van der Waals surface area (Å²) < 4.78 is 0. The molecular weight excluding hydrogens is 216 g/mol. The van der Waals surface area contributed by atoms with Crippen LogP contribution >= 0.6 is 0 Å². The van der Waals surface area contributed by atoms with Crippen molar-refractivity contribution in [3.63, 3.8) is 0 Å². The van der Waals surface area contributed by atoms with Crippen LogP contribution in [0.3, 0.4) is 0 Å². The number of aliphatic carboxylic acids is 1. The third-order valence-electron chi connectivity index (χ3n) is 3.44. The Balaban J connectivity index is 2.35. The van der Waals surface area contributed by atoms with Gasteiger partial charge in [-0.25, -0.2) is 0 Å². The summed E-state index contributed by atoms with van der Waals surface area (Å²) in [7, 11) is 2.11. The van der Waals surface area contributed by atoms with E-state index in [2.05, 4.69) is 31.1 Å². The van der Waals surface area contributed by atoms with Gasteiger partial charge >= 0.3 is 5.97 Å². The van der Waals surface area contributed by atoms with Crippen molar-refractivity contribution in [3.8, 4) is 0 Å². The van der Waals surface area contributed by atoms with Crippen LogP contribution in [0.1, 0.15) is 40.0 Å². The molecule has 1 aliphatic rings. The summed E-state index contributed by atoms with van der Waals surface area (Å²) in [5, 5.41) is 12.5. The van der Waals surface area contributed by atoms with Gasteiger partial charge in [0.25, 0.3) is 0 Å². The predicted octanol–water partition coefficient (Wildman–Crippen LogP) is 1.56. The summed E-state index contributed by atoms with van der Waals surface area (Å²) in [6.07, 6.45) is 3.24. The van der Waals surface area contributed by atoms with Gasteiger partial charge in [-0.2, -0.15) is 0 Å². The van der Waals surface area contributed by atoms with Crippen LogP contribution in [-0.4, -0.2) is 47.7 Å². The van der Waals surface area contributed by atoms with Crippen LogP contribution < -0.4 is 5.32 Å². The Kier molecular flexibility index (Phi) is 4.95. The van der Waals surface area contributed by atoms with Crippen LogP contribution in [-0.2, 0) is 4.79 Å². The molecule has 0 aromatic heterocycles.